The molecule has 0 bridgehead atoms. The fourth-order valence-electron chi connectivity index (χ4n) is 3.49. The van der Waals surface area contributed by atoms with Crippen LogP contribution >= 0.6 is 0 Å². The molecule has 134 valence electrons. The van der Waals surface area contributed by atoms with Gasteiger partial charge in [-0.05, 0) is 50.0 Å². The van der Waals surface area contributed by atoms with E-state index in [9.17, 15) is 4.39 Å². The van der Waals surface area contributed by atoms with Crippen molar-refractivity contribution in [3.63, 3.8) is 0 Å². The highest BCUT2D eigenvalue weighted by molar-refractivity contribution is 5.80. The van der Waals surface area contributed by atoms with Gasteiger partial charge in [-0.1, -0.05) is 26.0 Å². The van der Waals surface area contributed by atoms with Crippen LogP contribution in [0, 0.1) is 5.82 Å². The van der Waals surface area contributed by atoms with Gasteiger partial charge in [-0.15, -0.1) is 0 Å². The number of likely N-dealkylation sites (tertiary alicyclic amines) is 1. The molecule has 0 aromatic heterocycles. The van der Waals surface area contributed by atoms with E-state index in [1.807, 2.05) is 13.1 Å². The Labute approximate surface area is 145 Å². The second-order valence-corrected chi connectivity index (χ2v) is 6.32. The van der Waals surface area contributed by atoms with Crippen molar-refractivity contribution < 1.29 is 4.39 Å². The molecule has 1 aromatic carbocycles. The fraction of sp³-hybridized carbons (Fsp3) is 0.632. The standard InChI is InChI=1S/C19H31FN4/c1-4-23(5-2)18-11-13-24(15-18)19(21-3)22-12-7-9-16-8-6-10-17(20)14-16/h6,8,10,14,18H,4-5,7,9,11-13,15H2,1-3H3,(H,21,22). The first-order valence-electron chi connectivity index (χ1n) is 9.12. The minimum Gasteiger partial charge on any atom is -0.356 e. The lowest BCUT2D eigenvalue weighted by molar-refractivity contribution is 0.223. The summed E-state index contributed by atoms with van der Waals surface area (Å²) in [5.74, 6) is 0.833. The van der Waals surface area contributed by atoms with Crippen molar-refractivity contribution >= 4 is 5.96 Å². The second-order valence-electron chi connectivity index (χ2n) is 6.32. The number of halogens is 1. The maximum atomic E-state index is 13.2. The van der Waals surface area contributed by atoms with E-state index in [0.29, 0.717) is 6.04 Å². The molecule has 2 rings (SSSR count). The topological polar surface area (TPSA) is 30.9 Å². The molecule has 5 heteroatoms. The number of likely N-dealkylation sites (N-methyl/N-ethyl adjacent to an activating group) is 1. The monoisotopic (exact) mass is 334 g/mol. The average Bonchev–Trinajstić information content (AvgIpc) is 3.06. The third-order valence-electron chi connectivity index (χ3n) is 4.82. The summed E-state index contributed by atoms with van der Waals surface area (Å²) in [6.45, 7) is 9.63. The van der Waals surface area contributed by atoms with Gasteiger partial charge in [0.1, 0.15) is 5.82 Å². The molecule has 0 amide bonds. The zero-order valence-electron chi connectivity index (χ0n) is 15.3. The van der Waals surface area contributed by atoms with Crippen LogP contribution in [0.15, 0.2) is 29.3 Å². The molecule has 0 spiro atoms. The molecule has 1 N–H and O–H groups in total. The average molecular weight is 334 g/mol. The predicted octanol–water partition coefficient (Wildman–Crippen LogP) is 2.75. The number of nitrogens with zero attached hydrogens (tertiary/aromatic N) is 3. The van der Waals surface area contributed by atoms with Gasteiger partial charge in [0.25, 0.3) is 0 Å². The van der Waals surface area contributed by atoms with Crippen LogP contribution in [-0.4, -0.2) is 61.6 Å². The fourth-order valence-corrected chi connectivity index (χ4v) is 3.49. The summed E-state index contributed by atoms with van der Waals surface area (Å²) in [5, 5.41) is 3.46. The summed E-state index contributed by atoms with van der Waals surface area (Å²) < 4.78 is 13.2. The number of aliphatic imine (C=N–C) groups is 1. The molecule has 1 aliphatic heterocycles. The molecule has 1 saturated heterocycles. The lowest BCUT2D eigenvalue weighted by Crippen LogP contribution is -2.43. The number of rotatable bonds is 7. The lowest BCUT2D eigenvalue weighted by atomic mass is 10.1. The minimum absolute atomic E-state index is 0.157. The largest absolute Gasteiger partial charge is 0.356 e. The quantitative estimate of drug-likeness (QED) is 0.473. The van der Waals surface area contributed by atoms with E-state index in [0.717, 1.165) is 57.1 Å². The first kappa shape index (κ1) is 18.7. The van der Waals surface area contributed by atoms with Crippen molar-refractivity contribution in [3.8, 4) is 0 Å². The number of guanidine groups is 1. The van der Waals surface area contributed by atoms with Gasteiger partial charge in [0.05, 0.1) is 0 Å². The molecular weight excluding hydrogens is 303 g/mol. The molecule has 0 radical (unpaired) electrons. The molecule has 1 aromatic rings. The van der Waals surface area contributed by atoms with Gasteiger partial charge in [-0.3, -0.25) is 9.89 Å². The van der Waals surface area contributed by atoms with Crippen LogP contribution in [0.5, 0.6) is 0 Å². The Morgan fingerprint density at radius 2 is 2.17 bits per heavy atom. The Hall–Kier alpha value is -1.62. The van der Waals surface area contributed by atoms with Crippen LogP contribution in [0.25, 0.3) is 0 Å². The van der Waals surface area contributed by atoms with Crippen LogP contribution in [0.4, 0.5) is 4.39 Å². The van der Waals surface area contributed by atoms with E-state index in [4.69, 9.17) is 0 Å². The molecule has 1 aliphatic rings. The van der Waals surface area contributed by atoms with Crippen LogP contribution in [0.2, 0.25) is 0 Å². The third-order valence-corrected chi connectivity index (χ3v) is 4.82. The molecule has 1 fully saturated rings. The normalized spacial score (nSPS) is 18.5. The Bertz CT molecular complexity index is 528. The van der Waals surface area contributed by atoms with Gasteiger partial charge in [-0.25, -0.2) is 4.39 Å². The molecule has 1 atom stereocenters. The number of aryl methyl sites for hydroxylation is 1. The molecule has 1 unspecified atom stereocenters. The van der Waals surface area contributed by atoms with E-state index in [1.54, 1.807) is 12.1 Å². The molecule has 0 saturated carbocycles. The highest BCUT2D eigenvalue weighted by Gasteiger charge is 2.27. The predicted molar refractivity (Wildman–Crippen MR) is 99.0 cm³/mol. The Morgan fingerprint density at radius 3 is 2.83 bits per heavy atom. The zero-order chi connectivity index (χ0) is 17.4. The summed E-state index contributed by atoms with van der Waals surface area (Å²) in [4.78, 5) is 9.30. The van der Waals surface area contributed by atoms with Gasteiger partial charge in [-0.2, -0.15) is 0 Å². The maximum absolute atomic E-state index is 13.2. The number of benzene rings is 1. The van der Waals surface area contributed by atoms with Gasteiger partial charge in [0.2, 0.25) is 0 Å². The molecule has 4 nitrogen and oxygen atoms in total. The molecular formula is C19H31FN4. The van der Waals surface area contributed by atoms with Crippen molar-refractivity contribution in [1.29, 1.82) is 0 Å². The van der Waals surface area contributed by atoms with Crippen molar-refractivity contribution in [2.24, 2.45) is 4.99 Å². The summed E-state index contributed by atoms with van der Waals surface area (Å²) in [5.41, 5.74) is 1.05. The van der Waals surface area contributed by atoms with Crippen LogP contribution in [0.3, 0.4) is 0 Å². The van der Waals surface area contributed by atoms with Crippen molar-refractivity contribution in [1.82, 2.24) is 15.1 Å². The van der Waals surface area contributed by atoms with Gasteiger partial charge in [0.15, 0.2) is 5.96 Å². The first-order chi connectivity index (χ1) is 11.7. The van der Waals surface area contributed by atoms with E-state index in [-0.39, 0.29) is 5.82 Å². The highest BCUT2D eigenvalue weighted by atomic mass is 19.1. The summed E-state index contributed by atoms with van der Waals surface area (Å²) in [6.07, 6.45) is 3.05. The van der Waals surface area contributed by atoms with Crippen LogP contribution < -0.4 is 5.32 Å². The smallest absolute Gasteiger partial charge is 0.193 e. The summed E-state index contributed by atoms with van der Waals surface area (Å²) in [7, 11) is 1.85. The van der Waals surface area contributed by atoms with Crippen LogP contribution in [0.1, 0.15) is 32.3 Å². The lowest BCUT2D eigenvalue weighted by Gasteiger charge is -2.27. The number of hydrogen-bond acceptors (Lipinski definition) is 2. The van der Waals surface area contributed by atoms with E-state index < -0.39 is 0 Å². The molecule has 0 aliphatic carbocycles. The molecule has 1 heterocycles. The van der Waals surface area contributed by atoms with Gasteiger partial charge in [0, 0.05) is 32.7 Å². The SMILES string of the molecule is CCN(CC)C1CCN(C(=NC)NCCCc2cccc(F)c2)C1. The zero-order valence-corrected chi connectivity index (χ0v) is 15.3. The van der Waals surface area contributed by atoms with E-state index >= 15 is 0 Å². The van der Waals surface area contributed by atoms with Gasteiger partial charge >= 0.3 is 0 Å². The molecule has 24 heavy (non-hydrogen) atoms. The van der Waals surface area contributed by atoms with Gasteiger partial charge < -0.3 is 10.2 Å². The third kappa shape index (κ3) is 5.20. The Kier molecular flexibility index (Phi) is 7.50. The summed E-state index contributed by atoms with van der Waals surface area (Å²) in [6, 6.07) is 7.49. The van der Waals surface area contributed by atoms with E-state index in [1.165, 1.54) is 12.5 Å². The summed E-state index contributed by atoms with van der Waals surface area (Å²) >= 11 is 0. The Balaban J connectivity index is 1.75. The minimum atomic E-state index is -0.157. The first-order valence-corrected chi connectivity index (χ1v) is 9.12. The van der Waals surface area contributed by atoms with Crippen molar-refractivity contribution in [3.05, 3.63) is 35.6 Å². The van der Waals surface area contributed by atoms with Crippen molar-refractivity contribution in [2.45, 2.75) is 39.2 Å². The second kappa shape index (κ2) is 9.62. The van der Waals surface area contributed by atoms with E-state index in [2.05, 4.69) is 34.0 Å². The Morgan fingerprint density at radius 1 is 1.38 bits per heavy atom. The van der Waals surface area contributed by atoms with Crippen LogP contribution in [-0.2, 0) is 6.42 Å². The maximum Gasteiger partial charge on any atom is 0.193 e. The number of hydrogen-bond donors (Lipinski definition) is 1. The highest BCUT2D eigenvalue weighted by Crippen LogP contribution is 2.15. The van der Waals surface area contributed by atoms with Crippen molar-refractivity contribution in [2.75, 3.05) is 39.8 Å². The number of nitrogens with one attached hydrogen (secondary N) is 1.